The highest BCUT2D eigenvalue weighted by Crippen LogP contribution is 2.07. The van der Waals surface area contributed by atoms with Gasteiger partial charge in [-0.05, 0) is 34.1 Å². The van der Waals surface area contributed by atoms with Crippen molar-refractivity contribution in [3.63, 3.8) is 0 Å². The van der Waals surface area contributed by atoms with Gasteiger partial charge in [0.05, 0.1) is 0 Å². The van der Waals surface area contributed by atoms with Gasteiger partial charge < -0.3 is 5.32 Å². The van der Waals surface area contributed by atoms with Crippen LogP contribution in [0.5, 0.6) is 0 Å². The van der Waals surface area contributed by atoms with E-state index in [2.05, 4.69) is 50.1 Å². The van der Waals surface area contributed by atoms with E-state index < -0.39 is 0 Å². The zero-order chi connectivity index (χ0) is 10.6. The number of hydrogen-bond acceptors (Lipinski definition) is 2. The summed E-state index contributed by atoms with van der Waals surface area (Å²) in [5.74, 6) is 0. The van der Waals surface area contributed by atoms with Crippen molar-refractivity contribution in [3.8, 4) is 0 Å². The molecule has 0 aromatic heterocycles. The second-order valence-corrected chi connectivity index (χ2v) is 5.23. The summed E-state index contributed by atoms with van der Waals surface area (Å²) >= 11 is 0. The minimum atomic E-state index is 0.236. The first kappa shape index (κ1) is 11.7. The predicted octanol–water partition coefficient (Wildman–Crippen LogP) is 2.02. The summed E-state index contributed by atoms with van der Waals surface area (Å²) in [5, 5.41) is 3.55. The van der Waals surface area contributed by atoms with E-state index in [4.69, 9.17) is 0 Å². The fourth-order valence-electron chi connectivity index (χ4n) is 1.64. The molecular weight excluding hydrogens is 172 g/mol. The zero-order valence-corrected chi connectivity index (χ0v) is 10.0. The van der Waals surface area contributed by atoms with Gasteiger partial charge in [-0.1, -0.05) is 12.2 Å². The minimum Gasteiger partial charge on any atom is -0.311 e. The molecule has 82 valence electrons. The average molecular weight is 196 g/mol. The van der Waals surface area contributed by atoms with Gasteiger partial charge in [0.2, 0.25) is 0 Å². The van der Waals surface area contributed by atoms with Gasteiger partial charge in [0.25, 0.3) is 0 Å². The first-order valence-electron chi connectivity index (χ1n) is 5.63. The van der Waals surface area contributed by atoms with E-state index in [0.29, 0.717) is 6.04 Å². The molecule has 1 atom stereocenters. The van der Waals surface area contributed by atoms with Crippen LogP contribution in [0.15, 0.2) is 12.2 Å². The smallest absolute Gasteiger partial charge is 0.0195 e. The second kappa shape index (κ2) is 4.94. The van der Waals surface area contributed by atoms with Crippen LogP contribution in [-0.2, 0) is 0 Å². The van der Waals surface area contributed by atoms with Gasteiger partial charge in [-0.3, -0.25) is 4.90 Å². The minimum absolute atomic E-state index is 0.236. The lowest BCUT2D eigenvalue weighted by Crippen LogP contribution is -2.47. The van der Waals surface area contributed by atoms with Gasteiger partial charge >= 0.3 is 0 Å². The second-order valence-electron chi connectivity index (χ2n) is 5.23. The highest BCUT2D eigenvalue weighted by atomic mass is 15.2. The van der Waals surface area contributed by atoms with Crippen LogP contribution < -0.4 is 5.32 Å². The summed E-state index contributed by atoms with van der Waals surface area (Å²) in [4.78, 5) is 2.53. The highest BCUT2D eigenvalue weighted by molar-refractivity contribution is 4.92. The third-order valence-corrected chi connectivity index (χ3v) is 2.64. The van der Waals surface area contributed by atoms with E-state index in [1.54, 1.807) is 0 Å². The normalized spacial score (nSPS) is 21.1. The SMILES string of the molecule is CC(CNC(C)(C)C)N1CC=CCC1. The summed E-state index contributed by atoms with van der Waals surface area (Å²) in [6.45, 7) is 12.4. The monoisotopic (exact) mass is 196 g/mol. The maximum atomic E-state index is 3.55. The molecule has 1 rings (SSSR count). The molecule has 1 unspecified atom stereocenters. The Morgan fingerprint density at radius 3 is 2.57 bits per heavy atom. The van der Waals surface area contributed by atoms with E-state index in [-0.39, 0.29) is 5.54 Å². The Hall–Kier alpha value is -0.340. The molecule has 0 amide bonds. The van der Waals surface area contributed by atoms with E-state index >= 15 is 0 Å². The van der Waals surface area contributed by atoms with Crippen LogP contribution in [0.4, 0.5) is 0 Å². The Bertz CT molecular complexity index is 191. The predicted molar refractivity (Wildman–Crippen MR) is 62.5 cm³/mol. The number of nitrogens with zero attached hydrogens (tertiary/aromatic N) is 1. The molecule has 1 heterocycles. The van der Waals surface area contributed by atoms with Gasteiger partial charge in [0, 0.05) is 31.2 Å². The van der Waals surface area contributed by atoms with Crippen LogP contribution in [0.25, 0.3) is 0 Å². The Morgan fingerprint density at radius 2 is 2.07 bits per heavy atom. The van der Waals surface area contributed by atoms with Crippen LogP contribution in [-0.4, -0.2) is 36.1 Å². The molecule has 0 radical (unpaired) electrons. The third kappa shape index (κ3) is 4.25. The summed E-state index contributed by atoms with van der Waals surface area (Å²) in [6, 6.07) is 0.638. The third-order valence-electron chi connectivity index (χ3n) is 2.64. The first-order valence-corrected chi connectivity index (χ1v) is 5.63. The van der Waals surface area contributed by atoms with Crippen molar-refractivity contribution >= 4 is 0 Å². The van der Waals surface area contributed by atoms with Crippen molar-refractivity contribution in [1.82, 2.24) is 10.2 Å². The van der Waals surface area contributed by atoms with E-state index in [0.717, 1.165) is 13.1 Å². The first-order chi connectivity index (χ1) is 6.49. The highest BCUT2D eigenvalue weighted by Gasteiger charge is 2.16. The van der Waals surface area contributed by atoms with Crippen LogP contribution in [0.2, 0.25) is 0 Å². The van der Waals surface area contributed by atoms with E-state index in [1.165, 1.54) is 13.0 Å². The average Bonchev–Trinajstić information content (AvgIpc) is 2.14. The molecular formula is C12H24N2. The molecule has 0 aliphatic carbocycles. The van der Waals surface area contributed by atoms with Crippen LogP contribution in [0.1, 0.15) is 34.1 Å². The Balaban J connectivity index is 2.27. The summed E-state index contributed by atoms with van der Waals surface area (Å²) in [5.41, 5.74) is 0.236. The van der Waals surface area contributed by atoms with Gasteiger partial charge in [0.1, 0.15) is 0 Å². The number of hydrogen-bond donors (Lipinski definition) is 1. The fourth-order valence-corrected chi connectivity index (χ4v) is 1.64. The molecule has 0 spiro atoms. The summed E-state index contributed by atoms with van der Waals surface area (Å²) in [6.07, 6.45) is 5.76. The molecule has 0 aromatic carbocycles. The largest absolute Gasteiger partial charge is 0.311 e. The standard InChI is InChI=1S/C12H24N2/c1-11(10-13-12(2,3)4)14-8-6-5-7-9-14/h5-6,11,13H,7-10H2,1-4H3. The lowest BCUT2D eigenvalue weighted by molar-refractivity contribution is 0.211. The number of nitrogens with one attached hydrogen (secondary N) is 1. The molecule has 0 aromatic rings. The van der Waals surface area contributed by atoms with Crippen molar-refractivity contribution in [2.45, 2.75) is 45.7 Å². The molecule has 2 heteroatoms. The molecule has 1 N–H and O–H groups in total. The molecule has 1 aliphatic rings. The quantitative estimate of drug-likeness (QED) is 0.695. The summed E-state index contributed by atoms with van der Waals surface area (Å²) in [7, 11) is 0. The van der Waals surface area contributed by atoms with Gasteiger partial charge in [0.15, 0.2) is 0 Å². The molecule has 14 heavy (non-hydrogen) atoms. The Morgan fingerprint density at radius 1 is 1.36 bits per heavy atom. The lowest BCUT2D eigenvalue weighted by Gasteiger charge is -2.32. The topological polar surface area (TPSA) is 15.3 Å². The van der Waals surface area contributed by atoms with E-state index in [9.17, 15) is 0 Å². The van der Waals surface area contributed by atoms with Gasteiger partial charge in [-0.25, -0.2) is 0 Å². The molecule has 0 saturated carbocycles. The Labute approximate surface area is 88.4 Å². The van der Waals surface area contributed by atoms with Crippen molar-refractivity contribution in [2.75, 3.05) is 19.6 Å². The van der Waals surface area contributed by atoms with Crippen LogP contribution in [0.3, 0.4) is 0 Å². The van der Waals surface area contributed by atoms with Crippen LogP contribution >= 0.6 is 0 Å². The molecule has 0 saturated heterocycles. The fraction of sp³-hybridized carbons (Fsp3) is 0.833. The van der Waals surface area contributed by atoms with Crippen LogP contribution in [0, 0.1) is 0 Å². The Kier molecular flexibility index (Phi) is 4.14. The maximum Gasteiger partial charge on any atom is 0.0195 e. The van der Waals surface area contributed by atoms with Crippen molar-refractivity contribution in [3.05, 3.63) is 12.2 Å². The van der Waals surface area contributed by atoms with Gasteiger partial charge in [-0.15, -0.1) is 0 Å². The van der Waals surface area contributed by atoms with Crippen molar-refractivity contribution < 1.29 is 0 Å². The molecule has 0 fully saturated rings. The molecule has 1 aliphatic heterocycles. The lowest BCUT2D eigenvalue weighted by atomic mass is 10.1. The van der Waals surface area contributed by atoms with Crippen molar-refractivity contribution in [2.24, 2.45) is 0 Å². The van der Waals surface area contributed by atoms with E-state index in [1.807, 2.05) is 0 Å². The van der Waals surface area contributed by atoms with Crippen molar-refractivity contribution in [1.29, 1.82) is 0 Å². The number of rotatable bonds is 3. The molecule has 2 nitrogen and oxygen atoms in total. The molecule has 0 bridgehead atoms. The maximum absolute atomic E-state index is 3.55. The zero-order valence-electron chi connectivity index (χ0n) is 10.0. The van der Waals surface area contributed by atoms with Gasteiger partial charge in [-0.2, -0.15) is 0 Å². The summed E-state index contributed by atoms with van der Waals surface area (Å²) < 4.78 is 0.